The molecule has 0 bridgehead atoms. The van der Waals surface area contributed by atoms with Gasteiger partial charge in [-0.25, -0.2) is 0 Å². The predicted octanol–water partition coefficient (Wildman–Crippen LogP) is 4.39. The van der Waals surface area contributed by atoms with Crippen molar-refractivity contribution in [3.05, 3.63) is 65.2 Å². The van der Waals surface area contributed by atoms with Gasteiger partial charge in [0.1, 0.15) is 0 Å². The van der Waals surface area contributed by atoms with Crippen LogP contribution in [0.2, 0.25) is 0 Å². The summed E-state index contributed by atoms with van der Waals surface area (Å²) < 4.78 is 2.06. The third-order valence-electron chi connectivity index (χ3n) is 3.73. The van der Waals surface area contributed by atoms with E-state index < -0.39 is 0 Å². The molecule has 0 spiro atoms. The molecule has 22 heavy (non-hydrogen) atoms. The Kier molecular flexibility index (Phi) is 4.29. The Hall–Kier alpha value is -2.07. The SMILES string of the molecule is Cc1ccc(C)c(CSc2nnc(-c3ccccc3)n2C)c1. The minimum atomic E-state index is 0.907. The highest BCUT2D eigenvalue weighted by Crippen LogP contribution is 2.26. The fourth-order valence-corrected chi connectivity index (χ4v) is 3.35. The Morgan fingerprint density at radius 2 is 1.77 bits per heavy atom. The quantitative estimate of drug-likeness (QED) is 0.670. The molecule has 0 fully saturated rings. The molecule has 2 aromatic carbocycles. The van der Waals surface area contributed by atoms with E-state index in [1.54, 1.807) is 11.8 Å². The molecule has 0 N–H and O–H groups in total. The second-order valence-electron chi connectivity index (χ2n) is 5.45. The summed E-state index contributed by atoms with van der Waals surface area (Å²) in [5, 5.41) is 9.61. The van der Waals surface area contributed by atoms with Crippen molar-refractivity contribution in [3.63, 3.8) is 0 Å². The van der Waals surface area contributed by atoms with Gasteiger partial charge in [0.05, 0.1) is 0 Å². The van der Waals surface area contributed by atoms with Gasteiger partial charge in [0.15, 0.2) is 11.0 Å². The van der Waals surface area contributed by atoms with Crippen LogP contribution >= 0.6 is 11.8 Å². The molecule has 0 saturated heterocycles. The van der Waals surface area contributed by atoms with Crippen LogP contribution in [0.3, 0.4) is 0 Å². The van der Waals surface area contributed by atoms with Crippen molar-refractivity contribution in [2.45, 2.75) is 24.8 Å². The molecule has 1 aromatic heterocycles. The third kappa shape index (κ3) is 3.07. The maximum Gasteiger partial charge on any atom is 0.191 e. The molecule has 1 heterocycles. The summed E-state index contributed by atoms with van der Waals surface area (Å²) in [7, 11) is 2.02. The average molecular weight is 309 g/mol. The van der Waals surface area contributed by atoms with Gasteiger partial charge in [-0.1, -0.05) is 65.9 Å². The van der Waals surface area contributed by atoms with Crippen LogP contribution in [0.15, 0.2) is 53.7 Å². The fourth-order valence-electron chi connectivity index (χ4n) is 2.38. The van der Waals surface area contributed by atoms with Gasteiger partial charge < -0.3 is 4.57 Å². The van der Waals surface area contributed by atoms with Crippen LogP contribution in [0.5, 0.6) is 0 Å². The number of benzene rings is 2. The van der Waals surface area contributed by atoms with Gasteiger partial charge >= 0.3 is 0 Å². The Morgan fingerprint density at radius 3 is 2.55 bits per heavy atom. The molecular formula is C18H19N3S. The van der Waals surface area contributed by atoms with E-state index >= 15 is 0 Å². The Morgan fingerprint density at radius 1 is 1.00 bits per heavy atom. The molecule has 0 atom stereocenters. The zero-order chi connectivity index (χ0) is 15.5. The Labute approximate surface area is 135 Å². The first-order chi connectivity index (χ1) is 10.6. The first kappa shape index (κ1) is 14.9. The van der Waals surface area contributed by atoms with Crippen molar-refractivity contribution < 1.29 is 0 Å². The lowest BCUT2D eigenvalue weighted by molar-refractivity contribution is 0.793. The summed E-state index contributed by atoms with van der Waals surface area (Å²) in [5.41, 5.74) is 5.07. The van der Waals surface area contributed by atoms with Crippen molar-refractivity contribution >= 4 is 11.8 Å². The van der Waals surface area contributed by atoms with E-state index in [1.807, 2.05) is 25.2 Å². The molecule has 0 unspecified atom stereocenters. The maximum absolute atomic E-state index is 4.34. The molecule has 0 radical (unpaired) electrons. The van der Waals surface area contributed by atoms with E-state index in [2.05, 4.69) is 58.9 Å². The predicted molar refractivity (Wildman–Crippen MR) is 91.9 cm³/mol. The normalized spacial score (nSPS) is 10.9. The topological polar surface area (TPSA) is 30.7 Å². The van der Waals surface area contributed by atoms with Crippen LogP contribution in [-0.2, 0) is 12.8 Å². The van der Waals surface area contributed by atoms with E-state index in [1.165, 1.54) is 16.7 Å². The van der Waals surface area contributed by atoms with E-state index in [0.29, 0.717) is 0 Å². The standard InChI is InChI=1S/C18H19N3S/c1-13-9-10-14(2)16(11-13)12-22-18-20-19-17(21(18)3)15-7-5-4-6-8-15/h4-11H,12H2,1-3H3. The average Bonchev–Trinajstić information content (AvgIpc) is 2.90. The second kappa shape index (κ2) is 6.36. The van der Waals surface area contributed by atoms with E-state index in [4.69, 9.17) is 0 Å². The summed E-state index contributed by atoms with van der Waals surface area (Å²) in [6.45, 7) is 4.28. The minimum Gasteiger partial charge on any atom is -0.305 e. The second-order valence-corrected chi connectivity index (χ2v) is 6.39. The van der Waals surface area contributed by atoms with Crippen LogP contribution in [0.1, 0.15) is 16.7 Å². The largest absolute Gasteiger partial charge is 0.305 e. The first-order valence-corrected chi connectivity index (χ1v) is 8.27. The lowest BCUT2D eigenvalue weighted by Crippen LogP contribution is -1.95. The third-order valence-corrected chi connectivity index (χ3v) is 4.80. The smallest absolute Gasteiger partial charge is 0.191 e. The number of hydrogen-bond acceptors (Lipinski definition) is 3. The summed E-state index contributed by atoms with van der Waals surface area (Å²) in [6.07, 6.45) is 0. The number of aromatic nitrogens is 3. The Balaban J connectivity index is 1.80. The van der Waals surface area contributed by atoms with Crippen molar-refractivity contribution in [1.82, 2.24) is 14.8 Å². The lowest BCUT2D eigenvalue weighted by atomic mass is 10.1. The van der Waals surface area contributed by atoms with Gasteiger partial charge in [-0.3, -0.25) is 0 Å². The van der Waals surface area contributed by atoms with Crippen molar-refractivity contribution in [3.8, 4) is 11.4 Å². The van der Waals surface area contributed by atoms with Gasteiger partial charge in [0.25, 0.3) is 0 Å². The number of aryl methyl sites for hydroxylation is 2. The number of nitrogens with zero attached hydrogens (tertiary/aromatic N) is 3. The molecule has 0 aliphatic heterocycles. The molecule has 3 nitrogen and oxygen atoms in total. The molecule has 3 aromatic rings. The zero-order valence-electron chi connectivity index (χ0n) is 13.1. The Bertz CT molecular complexity index is 778. The molecule has 3 rings (SSSR count). The molecule has 0 aliphatic rings. The molecule has 0 saturated carbocycles. The molecule has 4 heteroatoms. The van der Waals surface area contributed by atoms with E-state index in [0.717, 1.165) is 22.3 Å². The highest BCUT2D eigenvalue weighted by Gasteiger charge is 2.11. The highest BCUT2D eigenvalue weighted by molar-refractivity contribution is 7.98. The molecule has 0 amide bonds. The number of thioether (sulfide) groups is 1. The number of rotatable bonds is 4. The first-order valence-electron chi connectivity index (χ1n) is 7.29. The van der Waals surface area contributed by atoms with Gasteiger partial charge in [-0.15, -0.1) is 10.2 Å². The maximum atomic E-state index is 4.34. The monoisotopic (exact) mass is 309 g/mol. The van der Waals surface area contributed by atoms with Crippen LogP contribution in [0.25, 0.3) is 11.4 Å². The molecule has 0 aliphatic carbocycles. The minimum absolute atomic E-state index is 0.907. The molecule has 112 valence electrons. The lowest BCUT2D eigenvalue weighted by Gasteiger charge is -2.07. The van der Waals surface area contributed by atoms with Crippen molar-refractivity contribution in [1.29, 1.82) is 0 Å². The van der Waals surface area contributed by atoms with Gasteiger partial charge in [-0.2, -0.15) is 0 Å². The van der Waals surface area contributed by atoms with Crippen molar-refractivity contribution in [2.75, 3.05) is 0 Å². The number of hydrogen-bond donors (Lipinski definition) is 0. The summed E-state index contributed by atoms with van der Waals surface area (Å²) in [6, 6.07) is 16.7. The molecular weight excluding hydrogens is 290 g/mol. The van der Waals surface area contributed by atoms with Gasteiger partial charge in [0, 0.05) is 18.4 Å². The van der Waals surface area contributed by atoms with Crippen LogP contribution < -0.4 is 0 Å². The van der Waals surface area contributed by atoms with E-state index in [-0.39, 0.29) is 0 Å². The zero-order valence-corrected chi connectivity index (χ0v) is 13.9. The van der Waals surface area contributed by atoms with E-state index in [9.17, 15) is 0 Å². The van der Waals surface area contributed by atoms with Gasteiger partial charge in [-0.05, 0) is 25.0 Å². The van der Waals surface area contributed by atoms with Crippen LogP contribution in [-0.4, -0.2) is 14.8 Å². The van der Waals surface area contributed by atoms with Crippen molar-refractivity contribution in [2.24, 2.45) is 7.05 Å². The summed E-state index contributed by atoms with van der Waals surface area (Å²) >= 11 is 1.73. The van der Waals surface area contributed by atoms with Gasteiger partial charge in [0.2, 0.25) is 0 Å². The highest BCUT2D eigenvalue weighted by atomic mass is 32.2. The summed E-state index contributed by atoms with van der Waals surface area (Å²) in [5.74, 6) is 1.82. The van der Waals surface area contributed by atoms with Crippen LogP contribution in [0, 0.1) is 13.8 Å². The van der Waals surface area contributed by atoms with Crippen LogP contribution in [0.4, 0.5) is 0 Å². The fraction of sp³-hybridized carbons (Fsp3) is 0.222. The summed E-state index contributed by atoms with van der Waals surface area (Å²) in [4.78, 5) is 0.